The molecule has 1 spiro atoms. The number of halogens is 3. The van der Waals surface area contributed by atoms with Gasteiger partial charge >= 0.3 is 6.18 Å². The van der Waals surface area contributed by atoms with Crippen LogP contribution >= 0.6 is 0 Å². The standard InChI is InChI=1S/C15H23F3O5/c1-13(10(23-13)4-6-21-8-15(16,17)18)12-11(20-2)9(19)3-5-14(12)7-22-14/h9-12,19H,3-8H2,1-2H3/t9-,10-,11-,12-,13-,14+/m1/s1. The van der Waals surface area contributed by atoms with Crippen molar-refractivity contribution < 1.29 is 37.2 Å². The first-order chi connectivity index (χ1) is 10.7. The highest BCUT2D eigenvalue weighted by Gasteiger charge is 2.71. The average molecular weight is 340 g/mol. The molecule has 1 aliphatic carbocycles. The van der Waals surface area contributed by atoms with Gasteiger partial charge in [0, 0.05) is 13.7 Å². The number of epoxide rings is 2. The van der Waals surface area contributed by atoms with Gasteiger partial charge in [-0.1, -0.05) is 0 Å². The third-order valence-corrected chi connectivity index (χ3v) is 5.31. The van der Waals surface area contributed by atoms with Gasteiger partial charge in [-0.05, 0) is 26.2 Å². The molecule has 6 atom stereocenters. The summed E-state index contributed by atoms with van der Waals surface area (Å²) in [7, 11) is 1.55. The smallest absolute Gasteiger partial charge is 0.390 e. The van der Waals surface area contributed by atoms with Crippen LogP contribution in [0.25, 0.3) is 0 Å². The number of rotatable bonds is 6. The van der Waals surface area contributed by atoms with E-state index in [1.807, 2.05) is 6.92 Å². The Bertz CT molecular complexity index is 439. The van der Waals surface area contributed by atoms with Crippen molar-refractivity contribution in [3.05, 3.63) is 0 Å². The molecule has 2 heterocycles. The summed E-state index contributed by atoms with van der Waals surface area (Å²) >= 11 is 0. The van der Waals surface area contributed by atoms with Crippen molar-refractivity contribution in [3.8, 4) is 0 Å². The van der Waals surface area contributed by atoms with Crippen molar-refractivity contribution in [1.82, 2.24) is 0 Å². The molecule has 0 aromatic heterocycles. The molecule has 3 fully saturated rings. The minimum atomic E-state index is -4.31. The Kier molecular flexibility index (Phi) is 4.42. The summed E-state index contributed by atoms with van der Waals surface area (Å²) in [5, 5.41) is 10.2. The van der Waals surface area contributed by atoms with Crippen molar-refractivity contribution in [1.29, 1.82) is 0 Å². The van der Waals surface area contributed by atoms with Crippen LogP contribution in [0.1, 0.15) is 26.2 Å². The van der Waals surface area contributed by atoms with Gasteiger partial charge in [-0.3, -0.25) is 0 Å². The number of ether oxygens (including phenoxy) is 4. The Balaban J connectivity index is 1.57. The molecule has 2 aliphatic heterocycles. The van der Waals surface area contributed by atoms with Crippen molar-refractivity contribution in [3.63, 3.8) is 0 Å². The molecular formula is C15H23F3O5. The lowest BCUT2D eigenvalue weighted by Gasteiger charge is -2.41. The minimum Gasteiger partial charge on any atom is -0.390 e. The quantitative estimate of drug-likeness (QED) is 0.589. The van der Waals surface area contributed by atoms with Gasteiger partial charge in [-0.25, -0.2) is 0 Å². The average Bonchev–Trinajstić information content (AvgIpc) is 3.36. The van der Waals surface area contributed by atoms with Crippen LogP contribution in [0.4, 0.5) is 13.2 Å². The molecule has 0 aromatic carbocycles. The SMILES string of the molecule is CO[C@@H]1[C@H](O)CC[C@]2(CO2)[C@H]1[C@]1(C)O[C@@H]1CCOCC(F)(F)F. The highest BCUT2D eigenvalue weighted by molar-refractivity contribution is 5.19. The van der Waals surface area contributed by atoms with E-state index in [1.165, 1.54) is 0 Å². The maximum Gasteiger partial charge on any atom is 0.411 e. The Morgan fingerprint density at radius 2 is 2.04 bits per heavy atom. The van der Waals surface area contributed by atoms with E-state index in [0.717, 1.165) is 6.42 Å². The molecule has 8 heteroatoms. The van der Waals surface area contributed by atoms with E-state index in [0.29, 0.717) is 19.4 Å². The lowest BCUT2D eigenvalue weighted by molar-refractivity contribution is -0.174. The second-order valence-corrected chi connectivity index (χ2v) is 6.88. The molecule has 0 radical (unpaired) electrons. The molecule has 1 N–H and O–H groups in total. The molecule has 2 saturated heterocycles. The number of methoxy groups -OCH3 is 1. The summed E-state index contributed by atoms with van der Waals surface area (Å²) in [6.45, 7) is 1.27. The number of aliphatic hydroxyl groups excluding tert-OH is 1. The summed E-state index contributed by atoms with van der Waals surface area (Å²) in [4.78, 5) is 0. The van der Waals surface area contributed by atoms with Gasteiger partial charge in [0.2, 0.25) is 0 Å². The van der Waals surface area contributed by atoms with E-state index in [1.54, 1.807) is 7.11 Å². The molecular weight excluding hydrogens is 317 g/mol. The summed E-state index contributed by atoms with van der Waals surface area (Å²) in [5.41, 5.74) is -0.879. The summed E-state index contributed by atoms with van der Waals surface area (Å²) in [5.74, 6) is -0.128. The lowest BCUT2D eigenvalue weighted by Crippen LogP contribution is -2.54. The monoisotopic (exact) mass is 340 g/mol. The fourth-order valence-corrected chi connectivity index (χ4v) is 4.06. The highest BCUT2D eigenvalue weighted by atomic mass is 19.4. The second-order valence-electron chi connectivity index (χ2n) is 6.88. The molecule has 0 aromatic rings. The van der Waals surface area contributed by atoms with E-state index in [9.17, 15) is 18.3 Å². The molecule has 134 valence electrons. The Morgan fingerprint density at radius 1 is 1.35 bits per heavy atom. The first-order valence-corrected chi connectivity index (χ1v) is 7.89. The van der Waals surface area contributed by atoms with Crippen LogP contribution in [0.5, 0.6) is 0 Å². The molecule has 5 nitrogen and oxygen atoms in total. The van der Waals surface area contributed by atoms with E-state index in [4.69, 9.17) is 14.2 Å². The van der Waals surface area contributed by atoms with Gasteiger partial charge in [-0.15, -0.1) is 0 Å². The first-order valence-electron chi connectivity index (χ1n) is 7.89. The predicted octanol–water partition coefficient (Wildman–Crippen LogP) is 1.67. The minimum absolute atomic E-state index is 0.0133. The van der Waals surface area contributed by atoms with Crippen LogP contribution in [0.2, 0.25) is 0 Å². The summed E-state index contributed by atoms with van der Waals surface area (Å²) < 4.78 is 57.8. The molecule has 0 amide bonds. The van der Waals surface area contributed by atoms with E-state index < -0.39 is 30.6 Å². The normalized spacial score (nSPS) is 46.2. The number of hydrogen-bond donors (Lipinski definition) is 1. The first kappa shape index (κ1) is 17.4. The predicted molar refractivity (Wildman–Crippen MR) is 73.0 cm³/mol. The van der Waals surface area contributed by atoms with Gasteiger partial charge in [0.05, 0.1) is 36.4 Å². The topological polar surface area (TPSA) is 63.8 Å². The van der Waals surface area contributed by atoms with Crippen molar-refractivity contribution in [2.45, 2.75) is 61.9 Å². The number of alkyl halides is 3. The van der Waals surface area contributed by atoms with Crippen LogP contribution in [-0.4, -0.2) is 67.7 Å². The highest BCUT2D eigenvalue weighted by Crippen LogP contribution is 2.59. The van der Waals surface area contributed by atoms with Gasteiger partial charge < -0.3 is 24.1 Å². The number of hydrogen-bond acceptors (Lipinski definition) is 5. The van der Waals surface area contributed by atoms with Gasteiger partial charge in [0.15, 0.2) is 0 Å². The van der Waals surface area contributed by atoms with Gasteiger partial charge in [0.1, 0.15) is 12.2 Å². The Labute approximate surface area is 133 Å². The number of aliphatic hydroxyl groups is 1. The fraction of sp³-hybridized carbons (Fsp3) is 1.00. The zero-order valence-corrected chi connectivity index (χ0v) is 13.3. The van der Waals surface area contributed by atoms with Gasteiger partial charge in [-0.2, -0.15) is 13.2 Å². The van der Waals surface area contributed by atoms with Crippen LogP contribution in [0, 0.1) is 5.92 Å². The van der Waals surface area contributed by atoms with E-state index >= 15 is 0 Å². The molecule has 0 unspecified atom stereocenters. The zero-order chi connectivity index (χ0) is 16.9. The molecule has 3 rings (SSSR count). The second kappa shape index (κ2) is 5.84. The molecule has 0 bridgehead atoms. The summed E-state index contributed by atoms with van der Waals surface area (Å²) in [6.07, 6.45) is -3.75. The Hall–Kier alpha value is -0.410. The third kappa shape index (κ3) is 3.37. The zero-order valence-electron chi connectivity index (χ0n) is 13.3. The molecule has 1 saturated carbocycles. The van der Waals surface area contributed by atoms with E-state index in [2.05, 4.69) is 4.74 Å². The maximum absolute atomic E-state index is 12.1. The van der Waals surface area contributed by atoms with Crippen molar-refractivity contribution in [2.75, 3.05) is 26.9 Å². The summed E-state index contributed by atoms with van der Waals surface area (Å²) in [6, 6.07) is 0. The molecule has 23 heavy (non-hydrogen) atoms. The largest absolute Gasteiger partial charge is 0.411 e. The Morgan fingerprint density at radius 3 is 2.61 bits per heavy atom. The van der Waals surface area contributed by atoms with Crippen molar-refractivity contribution in [2.24, 2.45) is 5.92 Å². The van der Waals surface area contributed by atoms with Crippen LogP contribution in [0.15, 0.2) is 0 Å². The lowest BCUT2D eigenvalue weighted by atomic mass is 9.68. The van der Waals surface area contributed by atoms with Crippen LogP contribution in [-0.2, 0) is 18.9 Å². The fourth-order valence-electron chi connectivity index (χ4n) is 4.06. The van der Waals surface area contributed by atoms with E-state index in [-0.39, 0.29) is 24.2 Å². The maximum atomic E-state index is 12.1. The van der Waals surface area contributed by atoms with Crippen LogP contribution in [0.3, 0.4) is 0 Å². The molecule has 3 aliphatic rings. The third-order valence-electron chi connectivity index (χ3n) is 5.31. The van der Waals surface area contributed by atoms with Crippen molar-refractivity contribution >= 4 is 0 Å². The van der Waals surface area contributed by atoms with Gasteiger partial charge in [0.25, 0.3) is 0 Å². The van der Waals surface area contributed by atoms with Crippen LogP contribution < -0.4 is 0 Å².